The number of fused-ring (bicyclic) bond motifs is 1. The summed E-state index contributed by atoms with van der Waals surface area (Å²) in [5, 5.41) is 4.62. The topological polar surface area (TPSA) is 69.7 Å². The van der Waals surface area contributed by atoms with Crippen molar-refractivity contribution >= 4 is 44.0 Å². The zero-order chi connectivity index (χ0) is 22.0. The van der Waals surface area contributed by atoms with Crippen molar-refractivity contribution in [1.29, 1.82) is 0 Å². The summed E-state index contributed by atoms with van der Waals surface area (Å²) >= 11 is 5.72. The summed E-state index contributed by atoms with van der Waals surface area (Å²) in [5.74, 6) is -0.973. The molecular formula is C22H21ClFN3O3S. The lowest BCUT2D eigenvalue weighted by Crippen LogP contribution is -2.50. The number of nitrogens with one attached hydrogen (secondary N) is 1. The van der Waals surface area contributed by atoms with Crippen molar-refractivity contribution in [2.24, 2.45) is 0 Å². The third kappa shape index (κ3) is 4.88. The van der Waals surface area contributed by atoms with Crippen LogP contribution < -0.4 is 5.32 Å². The molecule has 1 heterocycles. The van der Waals surface area contributed by atoms with E-state index in [0.29, 0.717) is 13.1 Å². The number of benzene rings is 3. The number of sulfonamides is 1. The summed E-state index contributed by atoms with van der Waals surface area (Å²) in [6, 6.07) is 16.8. The summed E-state index contributed by atoms with van der Waals surface area (Å²) in [5.41, 5.74) is 0.0620. The van der Waals surface area contributed by atoms with Gasteiger partial charge in [0.25, 0.3) is 0 Å². The van der Waals surface area contributed by atoms with Gasteiger partial charge >= 0.3 is 0 Å². The highest BCUT2D eigenvalue weighted by Gasteiger charge is 2.29. The van der Waals surface area contributed by atoms with Crippen LogP contribution in [0.15, 0.2) is 65.6 Å². The van der Waals surface area contributed by atoms with Gasteiger partial charge in [-0.2, -0.15) is 4.31 Å². The Kier molecular flexibility index (Phi) is 6.24. The highest BCUT2D eigenvalue weighted by atomic mass is 35.5. The lowest BCUT2D eigenvalue weighted by atomic mass is 10.1. The van der Waals surface area contributed by atoms with Crippen LogP contribution in [0.5, 0.6) is 0 Å². The van der Waals surface area contributed by atoms with Crippen LogP contribution in [-0.2, 0) is 14.8 Å². The number of nitrogens with zero attached hydrogens (tertiary/aromatic N) is 2. The zero-order valence-corrected chi connectivity index (χ0v) is 18.2. The van der Waals surface area contributed by atoms with Crippen molar-refractivity contribution in [3.63, 3.8) is 0 Å². The molecule has 9 heteroatoms. The van der Waals surface area contributed by atoms with E-state index in [1.54, 1.807) is 18.2 Å². The Morgan fingerprint density at radius 2 is 1.68 bits per heavy atom. The number of piperazine rings is 1. The molecule has 0 unspecified atom stereocenters. The maximum Gasteiger partial charge on any atom is 0.243 e. The third-order valence-electron chi connectivity index (χ3n) is 5.26. The van der Waals surface area contributed by atoms with Gasteiger partial charge in [-0.05, 0) is 41.1 Å². The Morgan fingerprint density at radius 1 is 0.968 bits per heavy atom. The fraction of sp³-hybridized carbons (Fsp3) is 0.227. The molecule has 4 rings (SSSR count). The van der Waals surface area contributed by atoms with E-state index in [1.807, 2.05) is 29.2 Å². The van der Waals surface area contributed by atoms with Gasteiger partial charge in [0.1, 0.15) is 5.82 Å². The normalized spacial score (nSPS) is 15.8. The van der Waals surface area contributed by atoms with Crippen molar-refractivity contribution < 1.29 is 17.6 Å². The van der Waals surface area contributed by atoms with Gasteiger partial charge in [-0.1, -0.05) is 41.9 Å². The molecule has 1 aliphatic rings. The van der Waals surface area contributed by atoms with E-state index < -0.39 is 15.8 Å². The molecule has 1 N–H and O–H groups in total. The first-order valence-electron chi connectivity index (χ1n) is 9.79. The van der Waals surface area contributed by atoms with Crippen molar-refractivity contribution in [1.82, 2.24) is 9.21 Å². The quantitative estimate of drug-likeness (QED) is 0.630. The van der Waals surface area contributed by atoms with Crippen LogP contribution in [0, 0.1) is 5.82 Å². The van der Waals surface area contributed by atoms with Crippen LogP contribution in [0.25, 0.3) is 10.8 Å². The van der Waals surface area contributed by atoms with Crippen LogP contribution in [0.2, 0.25) is 5.02 Å². The van der Waals surface area contributed by atoms with Crippen molar-refractivity contribution in [3.05, 3.63) is 71.5 Å². The van der Waals surface area contributed by atoms with E-state index in [2.05, 4.69) is 5.32 Å². The molecule has 0 aliphatic carbocycles. The fourth-order valence-electron chi connectivity index (χ4n) is 3.59. The molecule has 0 radical (unpaired) electrons. The van der Waals surface area contributed by atoms with Gasteiger partial charge in [0, 0.05) is 31.2 Å². The van der Waals surface area contributed by atoms with E-state index in [0.717, 1.165) is 16.8 Å². The zero-order valence-electron chi connectivity index (χ0n) is 16.6. The van der Waals surface area contributed by atoms with E-state index in [-0.39, 0.29) is 41.1 Å². The number of hydrogen-bond donors (Lipinski definition) is 1. The maximum absolute atomic E-state index is 13.8. The van der Waals surface area contributed by atoms with E-state index in [4.69, 9.17) is 11.6 Å². The van der Waals surface area contributed by atoms with Crippen molar-refractivity contribution in [3.8, 4) is 0 Å². The minimum absolute atomic E-state index is 0.0475. The molecule has 1 amide bonds. The Labute approximate surface area is 185 Å². The van der Waals surface area contributed by atoms with Crippen molar-refractivity contribution in [2.75, 3.05) is 38.0 Å². The smallest absolute Gasteiger partial charge is 0.243 e. The number of halogens is 2. The second kappa shape index (κ2) is 8.92. The van der Waals surface area contributed by atoms with E-state index >= 15 is 0 Å². The van der Waals surface area contributed by atoms with Gasteiger partial charge in [-0.25, -0.2) is 12.8 Å². The van der Waals surface area contributed by atoms with Crippen LogP contribution in [0.1, 0.15) is 0 Å². The highest BCUT2D eigenvalue weighted by Crippen LogP contribution is 2.23. The molecule has 162 valence electrons. The van der Waals surface area contributed by atoms with Crippen LogP contribution in [-0.4, -0.2) is 56.3 Å². The van der Waals surface area contributed by atoms with E-state index in [9.17, 15) is 17.6 Å². The second-order valence-corrected chi connectivity index (χ2v) is 9.74. The minimum Gasteiger partial charge on any atom is -0.322 e. The highest BCUT2D eigenvalue weighted by molar-refractivity contribution is 7.89. The number of carbonyl (C=O) groups is 1. The molecule has 0 spiro atoms. The van der Waals surface area contributed by atoms with Gasteiger partial charge in [0.05, 0.1) is 17.1 Å². The van der Waals surface area contributed by atoms with Gasteiger partial charge in [-0.3, -0.25) is 9.69 Å². The van der Waals surface area contributed by atoms with Crippen LogP contribution >= 0.6 is 11.6 Å². The Bertz CT molecular complexity index is 1230. The monoisotopic (exact) mass is 461 g/mol. The minimum atomic E-state index is -3.62. The lowest BCUT2D eigenvalue weighted by molar-refractivity contribution is -0.117. The average molecular weight is 462 g/mol. The Hall–Kier alpha value is -2.52. The third-order valence-corrected chi connectivity index (χ3v) is 7.39. The SMILES string of the molecule is O=C(CN1CCN(S(=O)(=O)c2ccc3ccccc3c2)CC1)Nc1ccc(Cl)cc1F. The van der Waals surface area contributed by atoms with E-state index in [1.165, 1.54) is 16.4 Å². The molecule has 1 aliphatic heterocycles. The molecule has 1 saturated heterocycles. The fourth-order valence-corrected chi connectivity index (χ4v) is 5.21. The van der Waals surface area contributed by atoms with Gasteiger partial charge in [0.2, 0.25) is 15.9 Å². The molecule has 3 aromatic carbocycles. The summed E-state index contributed by atoms with van der Waals surface area (Å²) in [7, 11) is -3.62. The predicted molar refractivity (Wildman–Crippen MR) is 119 cm³/mol. The van der Waals surface area contributed by atoms with Crippen molar-refractivity contribution in [2.45, 2.75) is 4.90 Å². The molecule has 3 aromatic rings. The lowest BCUT2D eigenvalue weighted by Gasteiger charge is -2.33. The summed E-state index contributed by atoms with van der Waals surface area (Å²) < 4.78 is 41.4. The molecule has 0 aromatic heterocycles. The Balaban J connectivity index is 1.36. The number of anilines is 1. The van der Waals surface area contributed by atoms with Crippen LogP contribution in [0.3, 0.4) is 0 Å². The molecule has 0 bridgehead atoms. The first-order valence-corrected chi connectivity index (χ1v) is 11.6. The first kappa shape index (κ1) is 21.7. The molecule has 0 saturated carbocycles. The van der Waals surface area contributed by atoms with Crippen LogP contribution in [0.4, 0.5) is 10.1 Å². The Morgan fingerprint density at radius 3 is 2.39 bits per heavy atom. The standard InChI is InChI=1S/C22H21ClFN3O3S/c23-18-6-8-21(20(24)14-18)25-22(28)15-26-9-11-27(12-10-26)31(29,30)19-7-5-16-3-1-2-4-17(16)13-19/h1-8,13-14H,9-12,15H2,(H,25,28). The number of hydrogen-bond acceptors (Lipinski definition) is 4. The molecule has 1 fully saturated rings. The number of carbonyl (C=O) groups excluding carboxylic acids is 1. The summed E-state index contributed by atoms with van der Waals surface area (Å²) in [4.78, 5) is 14.4. The first-order chi connectivity index (χ1) is 14.8. The molecular weight excluding hydrogens is 441 g/mol. The predicted octanol–water partition coefficient (Wildman–Crippen LogP) is 3.58. The second-order valence-electron chi connectivity index (χ2n) is 7.36. The molecule has 6 nitrogen and oxygen atoms in total. The number of rotatable bonds is 5. The van der Waals surface area contributed by atoms with Gasteiger partial charge in [-0.15, -0.1) is 0 Å². The number of amides is 1. The average Bonchev–Trinajstić information content (AvgIpc) is 2.76. The van der Waals surface area contributed by atoms with Gasteiger partial charge in [0.15, 0.2) is 0 Å². The van der Waals surface area contributed by atoms with Gasteiger partial charge < -0.3 is 5.32 Å². The summed E-state index contributed by atoms with van der Waals surface area (Å²) in [6.07, 6.45) is 0. The summed E-state index contributed by atoms with van der Waals surface area (Å²) in [6.45, 7) is 1.41. The molecule has 0 atom stereocenters. The largest absolute Gasteiger partial charge is 0.322 e. The molecule has 31 heavy (non-hydrogen) atoms. The maximum atomic E-state index is 13.8.